The zero-order valence-electron chi connectivity index (χ0n) is 12.5. The van der Waals surface area contributed by atoms with E-state index in [9.17, 15) is 32.9 Å². The second kappa shape index (κ2) is 7.83. The molecular formula is C14H8BrF3N2O5S. The highest BCUT2D eigenvalue weighted by Gasteiger charge is 2.33. The Morgan fingerprint density at radius 1 is 1.27 bits per heavy atom. The Kier molecular flexibility index (Phi) is 5.97. The van der Waals surface area contributed by atoms with Gasteiger partial charge in [0, 0.05) is 6.07 Å². The maximum atomic E-state index is 12.6. The Hall–Kier alpha value is -2.47. The second-order valence-electron chi connectivity index (χ2n) is 4.71. The van der Waals surface area contributed by atoms with Crippen LogP contribution in [0.15, 0.2) is 34.1 Å². The minimum Gasteiger partial charge on any atom is -0.451 e. The predicted molar refractivity (Wildman–Crippen MR) is 89.0 cm³/mol. The van der Waals surface area contributed by atoms with Crippen LogP contribution < -0.4 is 5.32 Å². The fourth-order valence-corrected chi connectivity index (χ4v) is 3.06. The maximum absolute atomic E-state index is 12.6. The molecular weight excluding hydrogens is 445 g/mol. The number of halogens is 4. The molecule has 1 amide bonds. The van der Waals surface area contributed by atoms with Crippen molar-refractivity contribution >= 4 is 50.5 Å². The van der Waals surface area contributed by atoms with Gasteiger partial charge in [0.25, 0.3) is 11.6 Å². The van der Waals surface area contributed by atoms with Gasteiger partial charge in [-0.25, -0.2) is 4.79 Å². The number of hydrogen-bond donors (Lipinski definition) is 1. The number of ether oxygens (including phenoxy) is 1. The summed E-state index contributed by atoms with van der Waals surface area (Å²) in [6.07, 6.45) is -4.77. The number of benzene rings is 1. The molecule has 12 heteroatoms. The first-order valence-corrected chi connectivity index (χ1v) is 8.27. The molecule has 1 aromatic carbocycles. The molecule has 0 saturated heterocycles. The lowest BCUT2D eigenvalue weighted by atomic mass is 10.1. The molecule has 1 aromatic heterocycles. The summed E-state index contributed by atoms with van der Waals surface area (Å²) in [4.78, 5) is 33.6. The molecule has 0 atom stereocenters. The molecule has 0 aliphatic rings. The van der Waals surface area contributed by atoms with Crippen molar-refractivity contribution in [1.82, 2.24) is 0 Å². The van der Waals surface area contributed by atoms with E-state index in [1.807, 2.05) is 0 Å². The molecule has 1 N–H and O–H groups in total. The number of carbonyl (C=O) groups is 2. The first-order valence-electron chi connectivity index (χ1n) is 6.66. The van der Waals surface area contributed by atoms with E-state index < -0.39 is 46.5 Å². The predicted octanol–water partition coefficient (Wildman–Crippen LogP) is 4.23. The lowest BCUT2D eigenvalue weighted by molar-refractivity contribution is -0.384. The van der Waals surface area contributed by atoms with E-state index in [1.54, 1.807) is 6.07 Å². The quantitative estimate of drug-likeness (QED) is 0.415. The first-order chi connectivity index (χ1) is 12.1. The highest BCUT2D eigenvalue weighted by molar-refractivity contribution is 9.11. The van der Waals surface area contributed by atoms with Crippen molar-refractivity contribution in [2.75, 3.05) is 11.9 Å². The topological polar surface area (TPSA) is 98.5 Å². The second-order valence-corrected chi connectivity index (χ2v) is 7.18. The maximum Gasteiger partial charge on any atom is 0.416 e. The van der Waals surface area contributed by atoms with Crippen LogP contribution in [0.4, 0.5) is 24.5 Å². The van der Waals surface area contributed by atoms with E-state index in [4.69, 9.17) is 4.74 Å². The standard InChI is InChI=1S/C14H8BrF3N2O5S/c15-11-4-3-10(26-11)13(22)25-6-12(21)19-8-2-1-7(14(16,17)18)5-9(8)20(23)24/h1-5H,6H2,(H,19,21). The molecule has 0 unspecified atom stereocenters. The number of anilines is 1. The molecule has 0 saturated carbocycles. The average Bonchev–Trinajstić information content (AvgIpc) is 2.98. The number of nitrogens with zero attached hydrogens (tertiary/aromatic N) is 1. The van der Waals surface area contributed by atoms with Crippen LogP contribution in [-0.2, 0) is 15.7 Å². The van der Waals surface area contributed by atoms with Crippen LogP contribution in [0.5, 0.6) is 0 Å². The third-order valence-electron chi connectivity index (χ3n) is 2.90. The van der Waals surface area contributed by atoms with Crippen LogP contribution in [-0.4, -0.2) is 23.4 Å². The van der Waals surface area contributed by atoms with Gasteiger partial charge in [-0.1, -0.05) is 0 Å². The van der Waals surface area contributed by atoms with Gasteiger partial charge in [0.05, 0.1) is 14.3 Å². The van der Waals surface area contributed by atoms with E-state index >= 15 is 0 Å². The van der Waals surface area contributed by atoms with Crippen molar-refractivity contribution in [1.29, 1.82) is 0 Å². The molecule has 1 heterocycles. The number of esters is 1. The Morgan fingerprint density at radius 3 is 2.50 bits per heavy atom. The highest BCUT2D eigenvalue weighted by atomic mass is 79.9. The summed E-state index contributed by atoms with van der Waals surface area (Å²) >= 11 is 4.23. The Morgan fingerprint density at radius 2 is 1.96 bits per heavy atom. The molecule has 0 fully saturated rings. The van der Waals surface area contributed by atoms with E-state index in [0.717, 1.165) is 17.4 Å². The first kappa shape index (κ1) is 19.8. The van der Waals surface area contributed by atoms with Crippen molar-refractivity contribution in [3.63, 3.8) is 0 Å². The van der Waals surface area contributed by atoms with Gasteiger partial charge in [-0.2, -0.15) is 13.2 Å². The van der Waals surface area contributed by atoms with Crippen LogP contribution in [0.3, 0.4) is 0 Å². The van der Waals surface area contributed by atoms with Crippen molar-refractivity contribution in [2.24, 2.45) is 0 Å². The molecule has 2 aromatic rings. The molecule has 0 aliphatic carbocycles. The minimum atomic E-state index is -4.77. The monoisotopic (exact) mass is 452 g/mol. The Bertz CT molecular complexity index is 869. The highest BCUT2D eigenvalue weighted by Crippen LogP contribution is 2.34. The van der Waals surface area contributed by atoms with Crippen LogP contribution in [0.2, 0.25) is 0 Å². The number of alkyl halides is 3. The molecule has 7 nitrogen and oxygen atoms in total. The number of nitro benzene ring substituents is 1. The Balaban J connectivity index is 2.06. The van der Waals surface area contributed by atoms with Gasteiger partial charge < -0.3 is 10.1 Å². The van der Waals surface area contributed by atoms with Gasteiger partial charge in [-0.3, -0.25) is 14.9 Å². The zero-order valence-corrected chi connectivity index (χ0v) is 14.9. The number of carbonyl (C=O) groups excluding carboxylic acids is 2. The van der Waals surface area contributed by atoms with E-state index in [-0.39, 0.29) is 4.88 Å². The SMILES string of the molecule is O=C(COC(=O)c1ccc(Br)s1)Nc1ccc(C(F)(F)F)cc1[N+](=O)[O-]. The summed E-state index contributed by atoms with van der Waals surface area (Å²) in [5.41, 5.74) is -2.60. The van der Waals surface area contributed by atoms with E-state index in [2.05, 4.69) is 21.2 Å². The summed E-state index contributed by atoms with van der Waals surface area (Å²) in [5.74, 6) is -1.71. The van der Waals surface area contributed by atoms with Crippen LogP contribution in [0.1, 0.15) is 15.2 Å². The fourth-order valence-electron chi connectivity index (χ4n) is 1.78. The largest absolute Gasteiger partial charge is 0.451 e. The smallest absolute Gasteiger partial charge is 0.416 e. The number of hydrogen-bond acceptors (Lipinski definition) is 6. The van der Waals surface area contributed by atoms with Crippen molar-refractivity contribution in [2.45, 2.75) is 6.18 Å². The summed E-state index contributed by atoms with van der Waals surface area (Å²) in [5, 5.41) is 13.0. The summed E-state index contributed by atoms with van der Waals surface area (Å²) < 4.78 is 43.3. The molecule has 26 heavy (non-hydrogen) atoms. The Labute approximate surface area is 156 Å². The van der Waals surface area contributed by atoms with E-state index in [0.29, 0.717) is 15.9 Å². The molecule has 0 bridgehead atoms. The van der Waals surface area contributed by atoms with Gasteiger partial charge in [0.1, 0.15) is 10.6 Å². The van der Waals surface area contributed by atoms with Gasteiger partial charge >= 0.3 is 12.1 Å². The lowest BCUT2D eigenvalue weighted by Crippen LogP contribution is -2.21. The van der Waals surface area contributed by atoms with Gasteiger partial charge in [0.15, 0.2) is 6.61 Å². The van der Waals surface area contributed by atoms with Gasteiger partial charge in [0.2, 0.25) is 0 Å². The normalized spacial score (nSPS) is 11.1. The number of nitrogens with one attached hydrogen (secondary N) is 1. The summed E-state index contributed by atoms with van der Waals surface area (Å²) in [6.45, 7) is -0.757. The van der Waals surface area contributed by atoms with E-state index in [1.165, 1.54) is 6.07 Å². The number of thiophene rings is 1. The molecule has 0 aliphatic heterocycles. The minimum absolute atomic E-state index is 0.227. The van der Waals surface area contributed by atoms with Crippen LogP contribution in [0.25, 0.3) is 0 Å². The fraction of sp³-hybridized carbons (Fsp3) is 0.143. The van der Waals surface area contributed by atoms with Crippen LogP contribution in [0, 0.1) is 10.1 Å². The summed E-state index contributed by atoms with van der Waals surface area (Å²) in [6, 6.07) is 4.74. The van der Waals surface area contributed by atoms with Gasteiger partial charge in [-0.05, 0) is 40.2 Å². The number of rotatable bonds is 5. The molecule has 0 spiro atoms. The zero-order chi connectivity index (χ0) is 19.5. The van der Waals surface area contributed by atoms with Crippen LogP contribution >= 0.6 is 27.3 Å². The van der Waals surface area contributed by atoms with Crippen molar-refractivity contribution < 1.29 is 32.4 Å². The summed E-state index contributed by atoms with van der Waals surface area (Å²) in [7, 11) is 0. The lowest BCUT2D eigenvalue weighted by Gasteiger charge is -2.10. The third-order valence-corrected chi connectivity index (χ3v) is 4.51. The average molecular weight is 453 g/mol. The third kappa shape index (κ3) is 5.02. The molecule has 138 valence electrons. The van der Waals surface area contributed by atoms with Gasteiger partial charge in [-0.15, -0.1) is 11.3 Å². The number of amides is 1. The number of nitro groups is 1. The molecule has 0 radical (unpaired) electrons. The molecule has 2 rings (SSSR count). The van der Waals surface area contributed by atoms with Crippen molar-refractivity contribution in [3.05, 3.63) is 54.7 Å². The van der Waals surface area contributed by atoms with Crippen molar-refractivity contribution in [3.8, 4) is 0 Å².